The van der Waals surface area contributed by atoms with Gasteiger partial charge in [-0.2, -0.15) is 0 Å². The quantitative estimate of drug-likeness (QED) is 0.160. The van der Waals surface area contributed by atoms with E-state index in [4.69, 9.17) is 32.7 Å². The van der Waals surface area contributed by atoms with Crippen LogP contribution in [-0.2, 0) is 19.1 Å². The molecular formula is C24H28Cl2N2O4S2. The van der Waals surface area contributed by atoms with Crippen LogP contribution in [-0.4, -0.2) is 49.0 Å². The fourth-order valence-corrected chi connectivity index (χ4v) is 4.81. The summed E-state index contributed by atoms with van der Waals surface area (Å²) in [7, 11) is 3.56. The molecule has 4 atom stereocenters. The highest BCUT2D eigenvalue weighted by Gasteiger charge is 2.23. The van der Waals surface area contributed by atoms with E-state index in [0.717, 1.165) is 21.9 Å². The molecule has 2 aromatic carbocycles. The maximum atomic E-state index is 12.4. The molecule has 0 saturated heterocycles. The van der Waals surface area contributed by atoms with Crippen molar-refractivity contribution in [3.63, 3.8) is 0 Å². The number of hydrogen-bond acceptors (Lipinski definition) is 8. The van der Waals surface area contributed by atoms with Gasteiger partial charge in [-0.05, 0) is 76.5 Å². The molecule has 2 rings (SSSR count). The lowest BCUT2D eigenvalue weighted by atomic mass is 10.3. The predicted octanol–water partition coefficient (Wildman–Crippen LogP) is 5.39. The highest BCUT2D eigenvalue weighted by molar-refractivity contribution is 8.00. The average Bonchev–Trinajstić information content (AvgIpc) is 2.83. The Morgan fingerprint density at radius 1 is 0.735 bits per heavy atom. The van der Waals surface area contributed by atoms with E-state index in [1.54, 1.807) is 38.4 Å². The molecule has 0 amide bonds. The number of likely N-dealkylation sites (N-methyl/N-ethyl adjacent to an activating group) is 2. The van der Waals surface area contributed by atoms with Gasteiger partial charge >= 0.3 is 11.9 Å². The summed E-state index contributed by atoms with van der Waals surface area (Å²) >= 11 is 14.6. The summed E-state index contributed by atoms with van der Waals surface area (Å²) in [5.74, 6) is -1.29. The van der Waals surface area contributed by atoms with Gasteiger partial charge in [-0.3, -0.25) is 0 Å². The Morgan fingerprint density at radius 2 is 1.06 bits per heavy atom. The van der Waals surface area contributed by atoms with Crippen molar-refractivity contribution in [2.45, 2.75) is 46.6 Å². The molecule has 0 heterocycles. The third-order valence-corrected chi connectivity index (χ3v) is 7.75. The molecule has 0 radical (unpaired) electrons. The number of nitrogens with one attached hydrogen (secondary N) is 2. The molecule has 34 heavy (non-hydrogen) atoms. The number of carbonyl (C=O) groups excluding carboxylic acids is 2. The molecule has 0 spiro atoms. The number of rotatable bonds is 12. The first-order valence-corrected chi connectivity index (χ1v) is 13.0. The molecule has 184 valence electrons. The van der Waals surface area contributed by atoms with E-state index in [-0.39, 0.29) is 12.1 Å². The van der Waals surface area contributed by atoms with E-state index in [2.05, 4.69) is 10.6 Å². The molecule has 6 nitrogen and oxygen atoms in total. The molecule has 0 fully saturated rings. The number of carbonyl (C=O) groups is 2. The Labute approximate surface area is 219 Å². The molecule has 0 bridgehead atoms. The molecule has 0 saturated carbocycles. The summed E-state index contributed by atoms with van der Waals surface area (Å²) in [6.07, 6.45) is 2.16. The second kappa shape index (κ2) is 14.7. The summed E-state index contributed by atoms with van der Waals surface area (Å²) in [5.41, 5.74) is -1.03. The fourth-order valence-electron chi connectivity index (χ4n) is 2.47. The lowest BCUT2D eigenvalue weighted by Gasteiger charge is -2.23. The summed E-state index contributed by atoms with van der Waals surface area (Å²) in [6, 6.07) is 14.2. The van der Waals surface area contributed by atoms with Crippen LogP contribution < -0.4 is 10.6 Å². The second-order valence-corrected chi connectivity index (χ2v) is 10.5. The zero-order chi connectivity index (χ0) is 25.1. The fraction of sp³-hybridized carbons (Fsp3) is 0.333. The molecule has 0 aliphatic carbocycles. The third kappa shape index (κ3) is 9.90. The number of thioether (sulfide) groups is 2. The number of hydrogen-bond donors (Lipinski definition) is 2. The van der Waals surface area contributed by atoms with Crippen molar-refractivity contribution in [2.75, 3.05) is 14.1 Å². The zero-order valence-corrected chi connectivity index (χ0v) is 22.4. The van der Waals surface area contributed by atoms with Crippen LogP contribution >= 0.6 is 46.7 Å². The first kappa shape index (κ1) is 28.6. The minimum Gasteiger partial charge on any atom is -0.446 e. The van der Waals surface area contributed by atoms with Crippen molar-refractivity contribution in [1.82, 2.24) is 10.6 Å². The molecule has 0 aliphatic rings. The molecule has 2 N–H and O–H groups in total. The van der Waals surface area contributed by atoms with Crippen LogP contribution in [0.2, 0.25) is 10.0 Å². The first-order valence-electron chi connectivity index (χ1n) is 10.5. The van der Waals surface area contributed by atoms with Gasteiger partial charge in [0.15, 0.2) is 10.9 Å². The maximum absolute atomic E-state index is 12.4. The maximum Gasteiger partial charge on any atom is 0.332 e. The average molecular weight is 544 g/mol. The van der Waals surface area contributed by atoms with Crippen LogP contribution in [0.4, 0.5) is 0 Å². The van der Waals surface area contributed by atoms with Gasteiger partial charge in [0.25, 0.3) is 0 Å². The summed E-state index contributed by atoms with van der Waals surface area (Å²) in [6.45, 7) is 3.80. The van der Waals surface area contributed by atoms with Crippen LogP contribution in [0, 0.1) is 0 Å². The molecule has 2 aromatic rings. The first-order chi connectivity index (χ1) is 16.2. The Bertz CT molecular complexity index is 881. The van der Waals surface area contributed by atoms with Crippen LogP contribution in [0.1, 0.15) is 13.8 Å². The van der Waals surface area contributed by atoms with E-state index < -0.39 is 22.8 Å². The SMILES string of the molecule is CN[C@@H](C)C(OC(=O)/C=C/C(=O)OC(Sc1ccc(Cl)cc1)[C@H](C)NC)Sc1ccc(Cl)cc1. The lowest BCUT2D eigenvalue weighted by Crippen LogP contribution is -2.36. The normalized spacial score (nSPS) is 14.9. The van der Waals surface area contributed by atoms with Crippen molar-refractivity contribution in [3.05, 3.63) is 70.7 Å². The smallest absolute Gasteiger partial charge is 0.332 e. The standard InChI is InChI=1S/C24H28Cl2N2O4S2/c1-15(27-3)23(33-19-9-5-17(25)6-10-19)31-21(29)13-14-22(30)32-24(16(2)28-4)34-20-11-7-18(26)8-12-20/h5-16,23-24,27-28H,1-4H3/b14-13+/t15-,16-,23?,24?/m0/s1. The molecule has 0 aromatic heterocycles. The van der Waals surface area contributed by atoms with Crippen molar-refractivity contribution >= 4 is 58.7 Å². The van der Waals surface area contributed by atoms with Gasteiger partial charge < -0.3 is 20.1 Å². The van der Waals surface area contributed by atoms with Crippen molar-refractivity contribution in [1.29, 1.82) is 0 Å². The van der Waals surface area contributed by atoms with Gasteiger partial charge in [-0.1, -0.05) is 46.7 Å². The van der Waals surface area contributed by atoms with Crippen molar-refractivity contribution in [2.24, 2.45) is 0 Å². The lowest BCUT2D eigenvalue weighted by molar-refractivity contribution is -0.142. The Morgan fingerprint density at radius 3 is 1.35 bits per heavy atom. The Balaban J connectivity index is 1.98. The highest BCUT2D eigenvalue weighted by atomic mass is 35.5. The van der Waals surface area contributed by atoms with E-state index in [1.165, 1.54) is 23.5 Å². The summed E-state index contributed by atoms with van der Waals surface area (Å²) in [5, 5.41) is 7.41. The molecule has 0 aliphatic heterocycles. The second-order valence-electron chi connectivity index (χ2n) is 7.24. The predicted molar refractivity (Wildman–Crippen MR) is 141 cm³/mol. The van der Waals surface area contributed by atoms with Crippen LogP contribution in [0.5, 0.6) is 0 Å². The third-order valence-electron chi connectivity index (χ3n) is 4.68. The van der Waals surface area contributed by atoms with E-state index in [0.29, 0.717) is 10.0 Å². The van der Waals surface area contributed by atoms with Gasteiger partial charge in [0, 0.05) is 32.0 Å². The van der Waals surface area contributed by atoms with E-state index in [9.17, 15) is 9.59 Å². The largest absolute Gasteiger partial charge is 0.446 e. The van der Waals surface area contributed by atoms with Gasteiger partial charge in [0.1, 0.15) is 0 Å². The number of ether oxygens (including phenoxy) is 2. The van der Waals surface area contributed by atoms with Gasteiger partial charge in [-0.25, -0.2) is 9.59 Å². The highest BCUT2D eigenvalue weighted by Crippen LogP contribution is 2.29. The topological polar surface area (TPSA) is 76.7 Å². The molecule has 10 heteroatoms. The minimum absolute atomic E-state index is 0.137. The van der Waals surface area contributed by atoms with E-state index >= 15 is 0 Å². The van der Waals surface area contributed by atoms with Crippen molar-refractivity contribution in [3.8, 4) is 0 Å². The van der Waals surface area contributed by atoms with Crippen LogP contribution in [0.25, 0.3) is 0 Å². The summed E-state index contributed by atoms with van der Waals surface area (Å²) in [4.78, 5) is 26.6. The van der Waals surface area contributed by atoms with Crippen molar-refractivity contribution < 1.29 is 19.1 Å². The minimum atomic E-state index is -0.644. The van der Waals surface area contributed by atoms with Gasteiger partial charge in [0.2, 0.25) is 0 Å². The Hall–Kier alpha value is -1.68. The van der Waals surface area contributed by atoms with Crippen LogP contribution in [0.15, 0.2) is 70.5 Å². The zero-order valence-electron chi connectivity index (χ0n) is 19.3. The molecular weight excluding hydrogens is 515 g/mol. The van der Waals surface area contributed by atoms with E-state index in [1.807, 2.05) is 38.1 Å². The number of halogens is 2. The number of benzene rings is 2. The molecule has 2 unspecified atom stereocenters. The Kier molecular flexibility index (Phi) is 12.3. The monoisotopic (exact) mass is 542 g/mol. The van der Waals surface area contributed by atoms with Crippen LogP contribution in [0.3, 0.4) is 0 Å². The summed E-state index contributed by atoms with van der Waals surface area (Å²) < 4.78 is 11.1. The number of esters is 2. The van der Waals surface area contributed by atoms with Gasteiger partial charge in [-0.15, -0.1) is 0 Å². The van der Waals surface area contributed by atoms with Gasteiger partial charge in [0.05, 0.1) is 12.1 Å².